The van der Waals surface area contributed by atoms with Crippen molar-refractivity contribution in [2.75, 3.05) is 0 Å². The van der Waals surface area contributed by atoms with Crippen LogP contribution < -0.4 is 10.0 Å². The highest BCUT2D eigenvalue weighted by Gasteiger charge is 2.22. The van der Waals surface area contributed by atoms with E-state index in [2.05, 4.69) is 25.0 Å². The van der Waals surface area contributed by atoms with Crippen LogP contribution in [0.5, 0.6) is 0 Å². The molecular weight excluding hydrogens is 436 g/mol. The van der Waals surface area contributed by atoms with Crippen LogP contribution in [-0.2, 0) is 17.4 Å². The minimum Gasteiger partial charge on any atom is -0.346 e. The van der Waals surface area contributed by atoms with Crippen molar-refractivity contribution in [1.82, 2.24) is 25.0 Å². The maximum absolute atomic E-state index is 13.6. The summed E-state index contributed by atoms with van der Waals surface area (Å²) in [5, 5.41) is 3.58. The van der Waals surface area contributed by atoms with Gasteiger partial charge < -0.3 is 5.32 Å². The average molecular weight is 453 g/mol. The molecular formula is C18H17F2N5O3S2. The maximum Gasteiger partial charge on any atom is 0.271 e. The highest BCUT2D eigenvalue weighted by atomic mass is 32.2. The SMILES string of the molecule is Cc1ncc(CNC(=O)c2cnc(C(N[SH](=O)=O)c3cc(F)cc(F)c3)c(C)n2)s1. The summed E-state index contributed by atoms with van der Waals surface area (Å²) in [4.78, 5) is 25.7. The van der Waals surface area contributed by atoms with E-state index in [1.807, 2.05) is 6.92 Å². The van der Waals surface area contributed by atoms with Gasteiger partial charge in [0.1, 0.15) is 17.3 Å². The second-order valence-corrected chi connectivity index (χ2v) is 8.37. The maximum atomic E-state index is 13.6. The molecule has 3 rings (SSSR count). The van der Waals surface area contributed by atoms with Crippen LogP contribution in [0.4, 0.5) is 8.78 Å². The Morgan fingerprint density at radius 2 is 1.83 bits per heavy atom. The fraction of sp³-hybridized carbons (Fsp3) is 0.222. The minimum absolute atomic E-state index is 0.0156. The van der Waals surface area contributed by atoms with E-state index in [1.54, 1.807) is 6.20 Å². The molecule has 2 heterocycles. The summed E-state index contributed by atoms with van der Waals surface area (Å²) in [6.07, 6.45) is 2.84. The van der Waals surface area contributed by atoms with E-state index < -0.39 is 34.5 Å². The number of carbonyl (C=O) groups excluding carboxylic acids is 1. The summed E-state index contributed by atoms with van der Waals surface area (Å²) >= 11 is 1.45. The normalized spacial score (nSPS) is 12.2. The first kappa shape index (κ1) is 21.9. The molecule has 1 amide bonds. The quantitative estimate of drug-likeness (QED) is 0.472. The van der Waals surface area contributed by atoms with E-state index in [-0.39, 0.29) is 29.2 Å². The van der Waals surface area contributed by atoms with E-state index in [9.17, 15) is 22.0 Å². The summed E-state index contributed by atoms with van der Waals surface area (Å²) in [5.74, 6) is -2.20. The van der Waals surface area contributed by atoms with Crippen LogP contribution in [0.25, 0.3) is 0 Å². The molecule has 0 radical (unpaired) electrons. The Bertz CT molecular complexity index is 1140. The second kappa shape index (κ2) is 9.32. The summed E-state index contributed by atoms with van der Waals surface area (Å²) in [5.41, 5.74) is 0.388. The third-order valence-electron chi connectivity index (χ3n) is 4.04. The topological polar surface area (TPSA) is 114 Å². The van der Waals surface area contributed by atoms with Crippen LogP contribution in [0.3, 0.4) is 0 Å². The lowest BCUT2D eigenvalue weighted by Crippen LogP contribution is -2.26. The second-order valence-electron chi connectivity index (χ2n) is 6.28. The third-order valence-corrected chi connectivity index (χ3v) is 5.42. The summed E-state index contributed by atoms with van der Waals surface area (Å²) in [6.45, 7) is 3.65. The Balaban J connectivity index is 1.86. The lowest BCUT2D eigenvalue weighted by atomic mass is 10.0. The number of rotatable bonds is 7. The molecule has 1 unspecified atom stereocenters. The third kappa shape index (κ3) is 5.40. The van der Waals surface area contributed by atoms with Crippen molar-refractivity contribution in [2.45, 2.75) is 26.4 Å². The Morgan fingerprint density at radius 1 is 1.13 bits per heavy atom. The van der Waals surface area contributed by atoms with Crippen molar-refractivity contribution < 1.29 is 22.0 Å². The Hall–Kier alpha value is -2.83. The van der Waals surface area contributed by atoms with Crippen LogP contribution in [0.15, 0.2) is 30.6 Å². The van der Waals surface area contributed by atoms with E-state index in [0.717, 1.165) is 22.0 Å². The van der Waals surface area contributed by atoms with Crippen molar-refractivity contribution in [3.8, 4) is 0 Å². The van der Waals surface area contributed by atoms with Gasteiger partial charge in [-0.2, -0.15) is 0 Å². The van der Waals surface area contributed by atoms with Crippen LogP contribution in [-0.4, -0.2) is 29.3 Å². The number of nitrogens with zero attached hydrogens (tertiary/aromatic N) is 3. The lowest BCUT2D eigenvalue weighted by molar-refractivity contribution is 0.0945. The van der Waals surface area contributed by atoms with Gasteiger partial charge in [0, 0.05) is 17.1 Å². The van der Waals surface area contributed by atoms with Gasteiger partial charge in [-0.05, 0) is 31.5 Å². The first-order valence-corrected chi connectivity index (χ1v) is 10.6. The van der Waals surface area contributed by atoms with Crippen LogP contribution in [0.2, 0.25) is 0 Å². The first-order valence-electron chi connectivity index (χ1n) is 8.62. The molecule has 0 aliphatic rings. The molecule has 1 aromatic carbocycles. The van der Waals surface area contributed by atoms with Crippen molar-refractivity contribution in [3.63, 3.8) is 0 Å². The molecule has 0 saturated heterocycles. The molecule has 2 aromatic heterocycles. The molecule has 2 N–H and O–H groups in total. The lowest BCUT2D eigenvalue weighted by Gasteiger charge is -2.17. The van der Waals surface area contributed by atoms with Gasteiger partial charge in [-0.3, -0.25) is 9.78 Å². The average Bonchev–Trinajstić information content (AvgIpc) is 3.08. The number of thiazole rings is 1. The van der Waals surface area contributed by atoms with Crippen LogP contribution in [0, 0.1) is 25.5 Å². The largest absolute Gasteiger partial charge is 0.346 e. The Kier molecular flexibility index (Phi) is 6.80. The summed E-state index contributed by atoms with van der Waals surface area (Å²) in [6, 6.07) is 1.51. The molecule has 0 aliphatic heterocycles. The van der Waals surface area contributed by atoms with Gasteiger partial charge in [-0.1, -0.05) is 0 Å². The first-order chi connectivity index (χ1) is 14.2. The van der Waals surface area contributed by atoms with Gasteiger partial charge in [0.15, 0.2) is 0 Å². The van der Waals surface area contributed by atoms with E-state index in [4.69, 9.17) is 0 Å². The van der Waals surface area contributed by atoms with Crippen molar-refractivity contribution in [3.05, 3.63) is 74.8 Å². The molecule has 0 spiro atoms. The molecule has 1 atom stereocenters. The van der Waals surface area contributed by atoms with E-state index in [1.165, 1.54) is 24.5 Å². The number of hydrogen-bond donors (Lipinski definition) is 3. The summed E-state index contributed by atoms with van der Waals surface area (Å²) < 4.78 is 52.0. The van der Waals surface area contributed by atoms with E-state index >= 15 is 0 Å². The molecule has 0 bridgehead atoms. The number of carbonyl (C=O) groups is 1. The molecule has 3 aromatic rings. The van der Waals surface area contributed by atoms with E-state index in [0.29, 0.717) is 6.07 Å². The molecule has 0 saturated carbocycles. The van der Waals surface area contributed by atoms with Gasteiger partial charge in [0.2, 0.25) is 10.9 Å². The van der Waals surface area contributed by atoms with Crippen molar-refractivity contribution >= 4 is 28.1 Å². The van der Waals surface area contributed by atoms with Crippen LogP contribution in [0.1, 0.15) is 43.4 Å². The fourth-order valence-electron chi connectivity index (χ4n) is 2.77. The van der Waals surface area contributed by atoms with Crippen molar-refractivity contribution in [1.29, 1.82) is 0 Å². The molecule has 8 nitrogen and oxygen atoms in total. The highest BCUT2D eigenvalue weighted by Crippen LogP contribution is 2.24. The molecule has 0 fully saturated rings. The van der Waals surface area contributed by atoms with Gasteiger partial charge in [-0.25, -0.2) is 31.9 Å². The summed E-state index contributed by atoms with van der Waals surface area (Å²) in [7, 11) is -3.12. The minimum atomic E-state index is -3.12. The number of benzene rings is 1. The number of thiol groups is 1. The molecule has 30 heavy (non-hydrogen) atoms. The Labute approximate surface area is 176 Å². The molecule has 12 heteroatoms. The zero-order valence-corrected chi connectivity index (χ0v) is 17.6. The number of aromatic nitrogens is 3. The number of nitrogens with one attached hydrogen (secondary N) is 2. The predicted octanol–water partition coefficient (Wildman–Crippen LogP) is 1.96. The highest BCUT2D eigenvalue weighted by molar-refractivity contribution is 7.70. The zero-order valence-electron chi connectivity index (χ0n) is 15.8. The van der Waals surface area contributed by atoms with Crippen LogP contribution >= 0.6 is 11.3 Å². The molecule has 158 valence electrons. The van der Waals surface area contributed by atoms with Gasteiger partial charge in [0.25, 0.3) is 5.91 Å². The fourth-order valence-corrected chi connectivity index (χ4v) is 3.99. The predicted molar refractivity (Wildman–Crippen MR) is 106 cm³/mol. The standard InChI is InChI=1S/C18H17F2N5O3S2/c1-9-16(17(25-30(27)28)11-3-12(19)5-13(20)4-11)22-8-15(24-9)18(26)23-7-14-6-21-10(2)29-14/h3-6,8,17,30H,7H2,1-2H3,(H,23,26)(H,25,27,28). The monoisotopic (exact) mass is 453 g/mol. The molecule has 0 aliphatic carbocycles. The smallest absolute Gasteiger partial charge is 0.271 e. The number of amides is 1. The van der Waals surface area contributed by atoms with Gasteiger partial charge >= 0.3 is 0 Å². The van der Waals surface area contributed by atoms with Crippen molar-refractivity contribution in [2.24, 2.45) is 0 Å². The number of halogens is 2. The van der Waals surface area contributed by atoms with Gasteiger partial charge in [-0.15, -0.1) is 11.3 Å². The number of hydrogen-bond acceptors (Lipinski definition) is 7. The number of aryl methyl sites for hydroxylation is 2. The zero-order chi connectivity index (χ0) is 21.8. The van der Waals surface area contributed by atoms with Gasteiger partial charge in [0.05, 0.1) is 35.2 Å². The Morgan fingerprint density at radius 3 is 2.40 bits per heavy atom.